The van der Waals surface area contributed by atoms with E-state index in [9.17, 15) is 18.8 Å². The van der Waals surface area contributed by atoms with E-state index in [1.807, 2.05) is 0 Å². The van der Waals surface area contributed by atoms with Crippen molar-refractivity contribution in [3.8, 4) is 5.75 Å². The van der Waals surface area contributed by atoms with E-state index >= 15 is 0 Å². The summed E-state index contributed by atoms with van der Waals surface area (Å²) in [4.78, 5) is 35.1. The Morgan fingerprint density at radius 3 is 2.22 bits per heavy atom. The Morgan fingerprint density at radius 1 is 0.926 bits per heavy atom. The fourth-order valence-corrected chi connectivity index (χ4v) is 2.17. The van der Waals surface area contributed by atoms with Crippen LogP contribution in [0, 0.1) is 5.82 Å². The topological polar surface area (TPSA) is 96.5 Å². The van der Waals surface area contributed by atoms with Gasteiger partial charge >= 0.3 is 0 Å². The second kappa shape index (κ2) is 10.3. The van der Waals surface area contributed by atoms with Crippen molar-refractivity contribution in [1.29, 1.82) is 0 Å². The van der Waals surface area contributed by atoms with Gasteiger partial charge in [0, 0.05) is 23.0 Å². The van der Waals surface area contributed by atoms with Gasteiger partial charge in [0.1, 0.15) is 11.6 Å². The zero-order valence-electron chi connectivity index (χ0n) is 14.1. The van der Waals surface area contributed by atoms with Gasteiger partial charge in [0.25, 0.3) is 11.8 Å². The highest BCUT2D eigenvalue weighted by molar-refractivity contribution is 9.10. The lowest BCUT2D eigenvalue weighted by atomic mass is 10.2. The molecule has 27 heavy (non-hydrogen) atoms. The molecular formula is C18H17BrFN3O4. The molecule has 0 unspecified atom stereocenters. The van der Waals surface area contributed by atoms with E-state index in [4.69, 9.17) is 4.74 Å². The fourth-order valence-electron chi connectivity index (χ4n) is 1.91. The van der Waals surface area contributed by atoms with Crippen molar-refractivity contribution in [2.24, 2.45) is 0 Å². The summed E-state index contributed by atoms with van der Waals surface area (Å²) in [5.41, 5.74) is 4.87. The van der Waals surface area contributed by atoms with Gasteiger partial charge in [0.2, 0.25) is 5.91 Å². The maximum Gasteiger partial charge on any atom is 0.276 e. The lowest BCUT2D eigenvalue weighted by Gasteiger charge is -2.09. The first kappa shape index (κ1) is 20.4. The van der Waals surface area contributed by atoms with E-state index in [0.29, 0.717) is 11.3 Å². The van der Waals surface area contributed by atoms with Crippen molar-refractivity contribution in [1.82, 2.24) is 16.2 Å². The number of carbonyl (C=O) groups is 3. The lowest BCUT2D eigenvalue weighted by molar-refractivity contribution is -0.129. The second-order valence-electron chi connectivity index (χ2n) is 5.35. The van der Waals surface area contributed by atoms with Crippen molar-refractivity contribution < 1.29 is 23.5 Å². The smallest absolute Gasteiger partial charge is 0.276 e. The first-order valence-corrected chi connectivity index (χ1v) is 8.73. The SMILES string of the molecule is O=C(CCNC(=O)c1ccc(Br)cc1)NNC(=O)COc1ccc(F)cc1. The van der Waals surface area contributed by atoms with Crippen LogP contribution in [0.5, 0.6) is 5.75 Å². The van der Waals surface area contributed by atoms with Gasteiger partial charge in [-0.3, -0.25) is 25.2 Å². The van der Waals surface area contributed by atoms with Gasteiger partial charge in [-0.1, -0.05) is 15.9 Å². The zero-order valence-corrected chi connectivity index (χ0v) is 15.7. The van der Waals surface area contributed by atoms with E-state index in [1.54, 1.807) is 24.3 Å². The number of benzene rings is 2. The highest BCUT2D eigenvalue weighted by Gasteiger charge is 2.08. The Kier molecular flexibility index (Phi) is 7.75. The van der Waals surface area contributed by atoms with Gasteiger partial charge in [-0.05, 0) is 48.5 Å². The highest BCUT2D eigenvalue weighted by Crippen LogP contribution is 2.11. The van der Waals surface area contributed by atoms with Crippen LogP contribution >= 0.6 is 15.9 Å². The quantitative estimate of drug-likeness (QED) is 0.576. The number of carbonyl (C=O) groups excluding carboxylic acids is 3. The number of rotatable bonds is 7. The molecule has 2 aromatic rings. The van der Waals surface area contributed by atoms with Gasteiger partial charge in [0.05, 0.1) is 0 Å². The molecule has 0 bridgehead atoms. The van der Waals surface area contributed by atoms with Crippen LogP contribution in [0.2, 0.25) is 0 Å². The van der Waals surface area contributed by atoms with Gasteiger partial charge in [-0.2, -0.15) is 0 Å². The molecule has 3 N–H and O–H groups in total. The van der Waals surface area contributed by atoms with Crippen LogP contribution in [0.25, 0.3) is 0 Å². The average Bonchev–Trinajstić information content (AvgIpc) is 2.66. The van der Waals surface area contributed by atoms with E-state index < -0.39 is 17.6 Å². The van der Waals surface area contributed by atoms with Gasteiger partial charge in [-0.15, -0.1) is 0 Å². The van der Waals surface area contributed by atoms with Crippen LogP contribution in [0.1, 0.15) is 16.8 Å². The number of ether oxygens (including phenoxy) is 1. The lowest BCUT2D eigenvalue weighted by Crippen LogP contribution is -2.44. The predicted octanol–water partition coefficient (Wildman–Crippen LogP) is 1.93. The number of hydrogen-bond donors (Lipinski definition) is 3. The maximum absolute atomic E-state index is 12.7. The first-order valence-electron chi connectivity index (χ1n) is 7.94. The fraction of sp³-hybridized carbons (Fsp3) is 0.167. The van der Waals surface area contributed by atoms with Crippen LogP contribution in [0.3, 0.4) is 0 Å². The van der Waals surface area contributed by atoms with Crippen LogP contribution in [-0.2, 0) is 9.59 Å². The van der Waals surface area contributed by atoms with Crippen LogP contribution < -0.4 is 20.9 Å². The summed E-state index contributed by atoms with van der Waals surface area (Å²) in [5, 5.41) is 2.61. The number of hydrazine groups is 1. The van der Waals surface area contributed by atoms with Crippen LogP contribution in [0.15, 0.2) is 53.0 Å². The highest BCUT2D eigenvalue weighted by atomic mass is 79.9. The Balaban J connectivity index is 1.61. The average molecular weight is 438 g/mol. The standard InChI is InChI=1S/C18H17BrFN3O4/c19-13-3-1-12(2-4-13)18(26)21-10-9-16(24)22-23-17(25)11-27-15-7-5-14(20)6-8-15/h1-8H,9-11H2,(H,21,26)(H,22,24)(H,23,25). The molecule has 0 spiro atoms. The molecule has 142 valence electrons. The molecule has 0 aliphatic heterocycles. The molecule has 7 nitrogen and oxygen atoms in total. The first-order chi connectivity index (χ1) is 12.9. The largest absolute Gasteiger partial charge is 0.484 e. The summed E-state index contributed by atoms with van der Waals surface area (Å²) >= 11 is 3.28. The third kappa shape index (κ3) is 7.45. The van der Waals surface area contributed by atoms with Gasteiger partial charge < -0.3 is 10.1 Å². The third-order valence-electron chi connectivity index (χ3n) is 3.27. The van der Waals surface area contributed by atoms with E-state index in [0.717, 1.165) is 4.47 Å². The molecule has 0 aliphatic rings. The molecule has 3 amide bonds. The van der Waals surface area contributed by atoms with Crippen molar-refractivity contribution >= 4 is 33.7 Å². The normalized spacial score (nSPS) is 10.0. The number of halogens is 2. The van der Waals surface area contributed by atoms with Gasteiger partial charge in [-0.25, -0.2) is 4.39 Å². The monoisotopic (exact) mass is 437 g/mol. The minimum Gasteiger partial charge on any atom is -0.484 e. The second-order valence-corrected chi connectivity index (χ2v) is 6.27. The Labute approximate surface area is 163 Å². The van der Waals surface area contributed by atoms with Crippen LogP contribution in [-0.4, -0.2) is 30.9 Å². The third-order valence-corrected chi connectivity index (χ3v) is 3.80. The summed E-state index contributed by atoms with van der Waals surface area (Å²) in [6.45, 7) is -0.227. The molecule has 9 heteroatoms. The van der Waals surface area contributed by atoms with Gasteiger partial charge in [0.15, 0.2) is 6.61 Å². The molecule has 0 aliphatic carbocycles. The Hall–Kier alpha value is -2.94. The summed E-state index contributed by atoms with van der Waals surface area (Å²) in [5.74, 6) is -1.43. The maximum atomic E-state index is 12.7. The van der Waals surface area contributed by atoms with E-state index in [2.05, 4.69) is 32.1 Å². The van der Waals surface area contributed by atoms with Crippen molar-refractivity contribution in [2.45, 2.75) is 6.42 Å². The van der Waals surface area contributed by atoms with Crippen molar-refractivity contribution in [3.05, 3.63) is 64.4 Å². The summed E-state index contributed by atoms with van der Waals surface area (Å²) in [6, 6.07) is 12.0. The molecule has 0 heterocycles. The number of amides is 3. The molecule has 2 aromatic carbocycles. The molecular weight excluding hydrogens is 421 g/mol. The van der Waals surface area contributed by atoms with Crippen LogP contribution in [0.4, 0.5) is 4.39 Å². The zero-order chi connectivity index (χ0) is 19.6. The number of hydrogen-bond acceptors (Lipinski definition) is 4. The molecule has 0 saturated heterocycles. The Morgan fingerprint density at radius 2 is 1.56 bits per heavy atom. The summed E-state index contributed by atoms with van der Waals surface area (Å²) in [6.07, 6.45) is -0.0125. The summed E-state index contributed by atoms with van der Waals surface area (Å²) < 4.78 is 18.7. The molecule has 0 radical (unpaired) electrons. The predicted molar refractivity (Wildman–Crippen MR) is 99.3 cm³/mol. The van der Waals surface area contributed by atoms with E-state index in [1.165, 1.54) is 24.3 Å². The Bertz CT molecular complexity index is 797. The molecule has 0 aromatic heterocycles. The molecule has 0 fully saturated rings. The molecule has 0 atom stereocenters. The minimum absolute atomic E-state index is 0.0125. The van der Waals surface area contributed by atoms with E-state index in [-0.39, 0.29) is 25.5 Å². The minimum atomic E-state index is -0.577. The number of nitrogens with one attached hydrogen (secondary N) is 3. The van der Waals surface area contributed by atoms with Crippen molar-refractivity contribution in [2.75, 3.05) is 13.2 Å². The van der Waals surface area contributed by atoms with Crippen molar-refractivity contribution in [3.63, 3.8) is 0 Å². The summed E-state index contributed by atoms with van der Waals surface area (Å²) in [7, 11) is 0. The molecule has 0 saturated carbocycles. The molecule has 2 rings (SSSR count).